The van der Waals surface area contributed by atoms with Crippen molar-refractivity contribution in [1.29, 1.82) is 0 Å². The quantitative estimate of drug-likeness (QED) is 0.507. The molecule has 7 nitrogen and oxygen atoms in total. The Kier molecular flexibility index (Phi) is 8.62. The van der Waals surface area contributed by atoms with Crippen LogP contribution in [-0.4, -0.2) is 59.4 Å². The summed E-state index contributed by atoms with van der Waals surface area (Å²) in [5.74, 6) is -2.72. The summed E-state index contributed by atoms with van der Waals surface area (Å²) in [6, 6.07) is 12.7. The van der Waals surface area contributed by atoms with Crippen LogP contribution in [-0.2, 0) is 16.0 Å². The van der Waals surface area contributed by atoms with Crippen molar-refractivity contribution in [3.8, 4) is 11.3 Å². The number of carbonyl (C=O) groups excluding carboxylic acids is 1. The summed E-state index contributed by atoms with van der Waals surface area (Å²) in [6.45, 7) is 2.31. The van der Waals surface area contributed by atoms with Crippen LogP contribution < -0.4 is 4.90 Å². The van der Waals surface area contributed by atoms with E-state index in [1.165, 1.54) is 18.2 Å². The van der Waals surface area contributed by atoms with Gasteiger partial charge in [-0.15, -0.1) is 0 Å². The maximum absolute atomic E-state index is 13.9. The van der Waals surface area contributed by atoms with E-state index in [2.05, 4.69) is 5.16 Å². The fourth-order valence-electron chi connectivity index (χ4n) is 3.58. The van der Waals surface area contributed by atoms with Crippen LogP contribution in [0.5, 0.6) is 0 Å². The zero-order valence-corrected chi connectivity index (χ0v) is 18.8. The number of aliphatic carboxylic acids is 1. The van der Waals surface area contributed by atoms with Gasteiger partial charge in [-0.1, -0.05) is 17.3 Å². The van der Waals surface area contributed by atoms with E-state index in [0.717, 1.165) is 11.1 Å². The van der Waals surface area contributed by atoms with Crippen molar-refractivity contribution in [3.63, 3.8) is 0 Å². The van der Waals surface area contributed by atoms with Crippen LogP contribution in [0.2, 0.25) is 0 Å². The topological polar surface area (TPSA) is 86.9 Å². The molecule has 36 heavy (non-hydrogen) atoms. The third kappa shape index (κ3) is 7.03. The zero-order valence-electron chi connectivity index (χ0n) is 18.8. The summed E-state index contributed by atoms with van der Waals surface area (Å²) in [5.41, 5.74) is 2.12. The average molecular weight is 511 g/mol. The van der Waals surface area contributed by atoms with E-state index >= 15 is 0 Å². The minimum absolute atomic E-state index is 0.0458. The van der Waals surface area contributed by atoms with Gasteiger partial charge in [0.05, 0.1) is 11.9 Å². The molecule has 2 heterocycles. The Morgan fingerprint density at radius 2 is 1.58 bits per heavy atom. The van der Waals surface area contributed by atoms with Crippen molar-refractivity contribution in [3.05, 3.63) is 71.9 Å². The Labute approximate surface area is 202 Å². The number of carbonyl (C=O) groups is 2. The van der Waals surface area contributed by atoms with Gasteiger partial charge in [0.2, 0.25) is 5.91 Å². The van der Waals surface area contributed by atoms with Gasteiger partial charge in [-0.25, -0.2) is 13.6 Å². The standard InChI is InChI=1S/C22H21F2N3O2.C2HF3O2/c23-18-8-5-16(6-9-18)22-17(15-25-29-22)7-10-21(28)27-13-11-26(12-14-27)20-4-2-1-3-19(20)24;3-2(4,5)1(6)7/h1-6,8-9,15H,7,10-14H2;(H,6,7). The van der Waals surface area contributed by atoms with Crippen molar-refractivity contribution in [2.75, 3.05) is 31.1 Å². The molecule has 1 fully saturated rings. The molecule has 1 aromatic heterocycles. The van der Waals surface area contributed by atoms with Gasteiger partial charge in [-0.3, -0.25) is 4.79 Å². The molecule has 0 saturated carbocycles. The lowest BCUT2D eigenvalue weighted by Crippen LogP contribution is -2.49. The first-order valence-corrected chi connectivity index (χ1v) is 10.8. The van der Waals surface area contributed by atoms with Gasteiger partial charge in [0.25, 0.3) is 0 Å². The molecule has 1 saturated heterocycles. The van der Waals surface area contributed by atoms with Crippen molar-refractivity contribution in [2.45, 2.75) is 19.0 Å². The smallest absolute Gasteiger partial charge is 0.475 e. The summed E-state index contributed by atoms with van der Waals surface area (Å²) in [4.78, 5) is 25.3. The zero-order chi connectivity index (χ0) is 26.3. The summed E-state index contributed by atoms with van der Waals surface area (Å²) >= 11 is 0. The molecule has 12 heteroatoms. The van der Waals surface area contributed by atoms with Gasteiger partial charge in [0.1, 0.15) is 11.6 Å². The predicted molar refractivity (Wildman–Crippen MR) is 119 cm³/mol. The number of piperazine rings is 1. The molecule has 1 aliphatic rings. The van der Waals surface area contributed by atoms with Gasteiger partial charge >= 0.3 is 12.1 Å². The van der Waals surface area contributed by atoms with Crippen LogP contribution in [0.4, 0.5) is 27.6 Å². The molecule has 0 radical (unpaired) electrons. The van der Waals surface area contributed by atoms with Crippen molar-refractivity contribution >= 4 is 17.6 Å². The Hall–Kier alpha value is -3.96. The molecule has 0 bridgehead atoms. The molecule has 2 aromatic carbocycles. The number of halogens is 5. The monoisotopic (exact) mass is 511 g/mol. The number of nitrogens with zero attached hydrogens (tertiary/aromatic N) is 3. The molecule has 1 aliphatic heterocycles. The molecular weight excluding hydrogens is 489 g/mol. The second kappa shape index (κ2) is 11.6. The number of aryl methyl sites for hydroxylation is 1. The lowest BCUT2D eigenvalue weighted by Gasteiger charge is -2.36. The summed E-state index contributed by atoms with van der Waals surface area (Å²) in [7, 11) is 0. The highest BCUT2D eigenvalue weighted by atomic mass is 19.4. The van der Waals surface area contributed by atoms with Gasteiger partial charge in [0, 0.05) is 43.7 Å². The first-order valence-electron chi connectivity index (χ1n) is 10.8. The van der Waals surface area contributed by atoms with Gasteiger partial charge < -0.3 is 19.4 Å². The lowest BCUT2D eigenvalue weighted by molar-refractivity contribution is -0.192. The number of rotatable bonds is 5. The normalized spacial score (nSPS) is 13.7. The largest absolute Gasteiger partial charge is 0.490 e. The van der Waals surface area contributed by atoms with Crippen molar-refractivity contribution in [2.24, 2.45) is 0 Å². The lowest BCUT2D eigenvalue weighted by atomic mass is 10.0. The molecule has 0 atom stereocenters. The predicted octanol–water partition coefficient (Wildman–Crippen LogP) is 4.53. The van der Waals surface area contributed by atoms with Gasteiger partial charge in [-0.05, 0) is 42.8 Å². The van der Waals surface area contributed by atoms with Crippen LogP contribution in [0.3, 0.4) is 0 Å². The van der Waals surface area contributed by atoms with E-state index in [4.69, 9.17) is 14.4 Å². The van der Waals surface area contributed by atoms with E-state index in [0.29, 0.717) is 50.5 Å². The van der Waals surface area contributed by atoms with E-state index in [1.54, 1.807) is 30.5 Å². The number of carboxylic acids is 1. The first-order chi connectivity index (χ1) is 17.1. The highest BCUT2D eigenvalue weighted by Gasteiger charge is 2.38. The fourth-order valence-corrected chi connectivity index (χ4v) is 3.58. The van der Waals surface area contributed by atoms with Gasteiger partial charge in [0.15, 0.2) is 5.76 Å². The molecule has 0 aliphatic carbocycles. The molecular formula is C24H22F5N3O4. The second-order valence-electron chi connectivity index (χ2n) is 7.81. The Morgan fingerprint density at radius 3 is 2.17 bits per heavy atom. The summed E-state index contributed by atoms with van der Waals surface area (Å²) < 4.78 is 64.1. The number of benzene rings is 2. The first kappa shape index (κ1) is 26.6. The van der Waals surface area contributed by atoms with Crippen molar-refractivity contribution in [1.82, 2.24) is 10.1 Å². The van der Waals surface area contributed by atoms with E-state index < -0.39 is 12.1 Å². The highest BCUT2D eigenvalue weighted by molar-refractivity contribution is 5.77. The number of hydrogen-bond donors (Lipinski definition) is 1. The summed E-state index contributed by atoms with van der Waals surface area (Å²) in [5, 5.41) is 11.0. The third-order valence-corrected chi connectivity index (χ3v) is 5.43. The minimum Gasteiger partial charge on any atom is -0.475 e. The summed E-state index contributed by atoms with van der Waals surface area (Å²) in [6.07, 6.45) is -2.67. The SMILES string of the molecule is O=C(CCc1cnoc1-c1ccc(F)cc1)N1CCN(c2ccccc2F)CC1.O=C(O)C(F)(F)F. The van der Waals surface area contributed by atoms with Crippen LogP contribution in [0.25, 0.3) is 11.3 Å². The number of alkyl halides is 3. The maximum Gasteiger partial charge on any atom is 0.490 e. The van der Waals surface area contributed by atoms with E-state index in [-0.39, 0.29) is 17.5 Å². The van der Waals surface area contributed by atoms with Crippen molar-refractivity contribution < 1.29 is 41.2 Å². The average Bonchev–Trinajstić information content (AvgIpc) is 3.32. The fraction of sp³-hybridized carbons (Fsp3) is 0.292. The molecule has 192 valence electrons. The second-order valence-corrected chi connectivity index (χ2v) is 7.81. The Morgan fingerprint density at radius 1 is 0.972 bits per heavy atom. The van der Waals surface area contributed by atoms with Crippen LogP contribution in [0.1, 0.15) is 12.0 Å². The Balaban J connectivity index is 0.000000454. The highest BCUT2D eigenvalue weighted by Crippen LogP contribution is 2.25. The molecule has 0 unspecified atom stereocenters. The maximum atomic E-state index is 13.9. The Bertz CT molecular complexity index is 1170. The number of aromatic nitrogens is 1. The van der Waals surface area contributed by atoms with Crippen LogP contribution >= 0.6 is 0 Å². The minimum atomic E-state index is -5.08. The van der Waals surface area contributed by atoms with Crippen LogP contribution in [0, 0.1) is 11.6 Å². The number of anilines is 1. The number of carboxylic acid groups (broad SMARTS) is 1. The molecule has 1 N–H and O–H groups in total. The molecule has 1 amide bonds. The molecule has 0 spiro atoms. The third-order valence-electron chi connectivity index (χ3n) is 5.43. The van der Waals surface area contributed by atoms with E-state index in [9.17, 15) is 26.7 Å². The van der Waals surface area contributed by atoms with Gasteiger partial charge in [-0.2, -0.15) is 13.2 Å². The number of amides is 1. The van der Waals surface area contributed by atoms with E-state index in [1.807, 2.05) is 15.9 Å². The number of hydrogen-bond acceptors (Lipinski definition) is 5. The van der Waals surface area contributed by atoms with Crippen LogP contribution in [0.15, 0.2) is 59.3 Å². The molecule has 4 rings (SSSR count). The number of para-hydroxylation sites is 1. The molecule has 3 aromatic rings.